The number of halogens is 1. The molecular formula is C26H33ClN8O3S. The van der Waals surface area contributed by atoms with Crippen LogP contribution in [-0.2, 0) is 27.1 Å². The molecule has 3 aliphatic rings. The van der Waals surface area contributed by atoms with Crippen LogP contribution in [0.5, 0.6) is 0 Å². The molecule has 0 aromatic carbocycles. The topological polar surface area (TPSA) is 117 Å². The van der Waals surface area contributed by atoms with Gasteiger partial charge in [0.05, 0.1) is 17.5 Å². The van der Waals surface area contributed by atoms with Crippen molar-refractivity contribution in [3.05, 3.63) is 29.3 Å². The number of rotatable bonds is 3. The lowest BCUT2D eigenvalue weighted by Crippen LogP contribution is -2.66. The number of pyridine rings is 1. The van der Waals surface area contributed by atoms with Gasteiger partial charge in [-0.15, -0.1) is 0 Å². The molecule has 0 aliphatic carbocycles. The first-order valence-electron chi connectivity index (χ1n) is 13.2. The Labute approximate surface area is 233 Å². The first-order valence-corrected chi connectivity index (χ1v) is 15.2. The highest BCUT2D eigenvalue weighted by Gasteiger charge is 2.57. The Morgan fingerprint density at radius 2 is 1.79 bits per heavy atom. The summed E-state index contributed by atoms with van der Waals surface area (Å²) in [5, 5.41) is 5.56. The van der Waals surface area contributed by atoms with Crippen LogP contribution < -0.4 is 9.80 Å². The minimum atomic E-state index is -3.40. The van der Waals surface area contributed by atoms with E-state index in [0.717, 1.165) is 33.9 Å². The molecule has 11 nitrogen and oxygen atoms in total. The maximum absolute atomic E-state index is 13.4. The van der Waals surface area contributed by atoms with Crippen LogP contribution in [-0.4, -0.2) is 86.2 Å². The van der Waals surface area contributed by atoms with Gasteiger partial charge in [0.2, 0.25) is 5.91 Å². The average molecular weight is 573 g/mol. The van der Waals surface area contributed by atoms with Gasteiger partial charge >= 0.3 is 0 Å². The summed E-state index contributed by atoms with van der Waals surface area (Å²) in [7, 11) is -1.56. The molecule has 3 aromatic heterocycles. The van der Waals surface area contributed by atoms with E-state index in [2.05, 4.69) is 35.7 Å². The van der Waals surface area contributed by atoms with Gasteiger partial charge in [-0.25, -0.2) is 23.4 Å². The van der Waals surface area contributed by atoms with Crippen molar-refractivity contribution in [1.29, 1.82) is 0 Å². The SMILES string of the molecule is C[C@@H]1CN(c2ncnc3c2C(C)(C)CN3c2cc3c(Cl)nn(C)c3cn2)[C@@H](C)CN1C(=O)[C@]1(C)CCS1(=O)=O. The third kappa shape index (κ3) is 3.74. The number of sulfone groups is 1. The lowest BCUT2D eigenvalue weighted by Gasteiger charge is -2.49. The second-order valence-electron chi connectivity index (χ2n) is 11.9. The second-order valence-corrected chi connectivity index (χ2v) is 14.8. The number of piperazine rings is 1. The fourth-order valence-electron chi connectivity index (χ4n) is 6.20. The second kappa shape index (κ2) is 8.50. The Morgan fingerprint density at radius 3 is 2.46 bits per heavy atom. The van der Waals surface area contributed by atoms with Crippen molar-refractivity contribution in [2.45, 2.75) is 63.3 Å². The average Bonchev–Trinajstić information content (AvgIpc) is 3.34. The maximum Gasteiger partial charge on any atom is 0.244 e. The molecule has 0 N–H and O–H groups in total. The Morgan fingerprint density at radius 1 is 1.08 bits per heavy atom. The number of nitrogens with zero attached hydrogens (tertiary/aromatic N) is 8. The van der Waals surface area contributed by atoms with Gasteiger partial charge in [-0.05, 0) is 33.3 Å². The Balaban J connectivity index is 1.34. The zero-order chi connectivity index (χ0) is 28.1. The largest absolute Gasteiger partial charge is 0.350 e. The molecule has 3 atom stereocenters. The first-order chi connectivity index (χ1) is 18.2. The standard InChI is InChI=1S/C26H33ClN8O3S/c1-15-12-34(24(36)26(5)7-8-39(26,37)38)16(2)11-33(15)22-20-23(30-14-29-22)35(13-25(20,3)4)19-9-17-18(10-28-19)32(6)31-21(17)27/h9-10,14-16H,7-8,11-13H2,1-6H3/t15-,16+,26-/m0/s1. The van der Waals surface area contributed by atoms with Gasteiger partial charge in [-0.2, -0.15) is 5.10 Å². The van der Waals surface area contributed by atoms with E-state index < -0.39 is 14.6 Å². The lowest BCUT2D eigenvalue weighted by atomic mass is 9.87. The van der Waals surface area contributed by atoms with E-state index in [0.29, 0.717) is 31.2 Å². The zero-order valence-electron chi connectivity index (χ0n) is 23.0. The molecule has 208 valence electrons. The minimum Gasteiger partial charge on any atom is -0.350 e. The van der Waals surface area contributed by atoms with Crippen LogP contribution in [0.4, 0.5) is 17.5 Å². The van der Waals surface area contributed by atoms with Crippen molar-refractivity contribution < 1.29 is 13.2 Å². The molecule has 0 radical (unpaired) electrons. The summed E-state index contributed by atoms with van der Waals surface area (Å²) in [4.78, 5) is 33.6. The number of amides is 1. The Bertz CT molecular complexity index is 1620. The molecule has 6 rings (SSSR count). The van der Waals surface area contributed by atoms with Gasteiger partial charge in [-0.1, -0.05) is 25.4 Å². The zero-order valence-corrected chi connectivity index (χ0v) is 24.6. The molecule has 0 saturated carbocycles. The number of hydrogen-bond donors (Lipinski definition) is 0. The van der Waals surface area contributed by atoms with Gasteiger partial charge in [-0.3, -0.25) is 9.48 Å². The van der Waals surface area contributed by atoms with Crippen LogP contribution in [0.3, 0.4) is 0 Å². The van der Waals surface area contributed by atoms with Gasteiger partial charge < -0.3 is 14.7 Å². The van der Waals surface area contributed by atoms with Crippen molar-refractivity contribution in [3.8, 4) is 0 Å². The fourth-order valence-corrected chi connectivity index (χ4v) is 8.00. The van der Waals surface area contributed by atoms with E-state index in [-0.39, 0.29) is 29.2 Å². The van der Waals surface area contributed by atoms with Gasteiger partial charge in [0.1, 0.15) is 28.5 Å². The molecule has 1 amide bonds. The van der Waals surface area contributed by atoms with Crippen LogP contribution in [0.1, 0.15) is 46.6 Å². The number of carbonyl (C=O) groups excluding carboxylic acids is 1. The van der Waals surface area contributed by atoms with Gasteiger partial charge in [0, 0.05) is 55.1 Å². The molecule has 0 unspecified atom stereocenters. The Hall–Kier alpha value is -2.99. The molecule has 2 fully saturated rings. The van der Waals surface area contributed by atoms with Gasteiger partial charge in [0.25, 0.3) is 0 Å². The van der Waals surface area contributed by atoms with Crippen molar-refractivity contribution in [1.82, 2.24) is 29.6 Å². The van der Waals surface area contributed by atoms with Crippen molar-refractivity contribution in [3.63, 3.8) is 0 Å². The third-order valence-electron chi connectivity index (χ3n) is 8.75. The number of aryl methyl sites for hydroxylation is 1. The van der Waals surface area contributed by atoms with E-state index in [1.807, 2.05) is 20.0 Å². The summed E-state index contributed by atoms with van der Waals surface area (Å²) in [6.07, 6.45) is 3.73. The minimum absolute atomic E-state index is 0.0657. The highest BCUT2D eigenvalue weighted by molar-refractivity contribution is 7.95. The van der Waals surface area contributed by atoms with Crippen LogP contribution in [0.15, 0.2) is 18.6 Å². The number of fused-ring (bicyclic) bond motifs is 2. The number of aromatic nitrogens is 5. The summed E-state index contributed by atoms with van der Waals surface area (Å²) in [6.45, 7) is 11.6. The van der Waals surface area contributed by atoms with E-state index in [1.165, 1.54) is 0 Å². The summed E-state index contributed by atoms with van der Waals surface area (Å²) in [5.41, 5.74) is 1.59. The summed E-state index contributed by atoms with van der Waals surface area (Å²) in [5.74, 6) is 2.15. The van der Waals surface area contributed by atoms with Crippen LogP contribution >= 0.6 is 11.6 Å². The quantitative estimate of drug-likeness (QED) is 0.467. The normalized spacial score (nSPS) is 27.5. The summed E-state index contributed by atoms with van der Waals surface area (Å²) >= 11 is 6.39. The van der Waals surface area contributed by atoms with Crippen molar-refractivity contribution >= 4 is 55.7 Å². The van der Waals surface area contributed by atoms with E-state index in [9.17, 15) is 13.2 Å². The van der Waals surface area contributed by atoms with Crippen molar-refractivity contribution in [2.75, 3.05) is 35.2 Å². The van der Waals surface area contributed by atoms with E-state index in [4.69, 9.17) is 26.6 Å². The summed E-state index contributed by atoms with van der Waals surface area (Å²) < 4.78 is 25.3. The predicted molar refractivity (Wildman–Crippen MR) is 150 cm³/mol. The monoisotopic (exact) mass is 572 g/mol. The maximum atomic E-state index is 13.4. The predicted octanol–water partition coefficient (Wildman–Crippen LogP) is 2.84. The van der Waals surface area contributed by atoms with E-state index >= 15 is 0 Å². The highest BCUT2D eigenvalue weighted by atomic mass is 35.5. The van der Waals surface area contributed by atoms with Gasteiger partial charge in [0.15, 0.2) is 15.0 Å². The molecule has 39 heavy (non-hydrogen) atoms. The van der Waals surface area contributed by atoms with Crippen LogP contribution in [0.2, 0.25) is 5.15 Å². The highest BCUT2D eigenvalue weighted by Crippen LogP contribution is 2.47. The number of carbonyl (C=O) groups is 1. The molecule has 6 heterocycles. The lowest BCUT2D eigenvalue weighted by molar-refractivity contribution is -0.137. The van der Waals surface area contributed by atoms with Crippen LogP contribution in [0.25, 0.3) is 10.9 Å². The van der Waals surface area contributed by atoms with Crippen LogP contribution in [0, 0.1) is 0 Å². The first kappa shape index (κ1) is 26.2. The molecule has 0 spiro atoms. The number of anilines is 3. The smallest absolute Gasteiger partial charge is 0.244 e. The molecule has 13 heteroatoms. The summed E-state index contributed by atoms with van der Waals surface area (Å²) in [6, 6.07) is 1.70. The van der Waals surface area contributed by atoms with E-state index in [1.54, 1.807) is 29.0 Å². The van der Waals surface area contributed by atoms with Crippen molar-refractivity contribution in [2.24, 2.45) is 7.05 Å². The third-order valence-corrected chi connectivity index (χ3v) is 11.5. The number of hydrogen-bond acceptors (Lipinski definition) is 9. The molecule has 2 saturated heterocycles. The molecule has 0 bridgehead atoms. The molecule has 3 aliphatic heterocycles. The fraction of sp³-hybridized carbons (Fsp3) is 0.577. The molecular weight excluding hydrogens is 540 g/mol. The molecule has 3 aromatic rings. The Kier molecular flexibility index (Phi) is 5.72.